The van der Waals surface area contributed by atoms with Gasteiger partial charge < -0.3 is 5.73 Å². The lowest BCUT2D eigenvalue weighted by molar-refractivity contribution is -0.118. The second-order valence-electron chi connectivity index (χ2n) is 6.13. The van der Waals surface area contributed by atoms with Gasteiger partial charge in [-0.25, -0.2) is 9.37 Å². The summed E-state index contributed by atoms with van der Waals surface area (Å²) in [4.78, 5) is 30.5. The molecule has 2 aromatic heterocycles. The second-order valence-corrected chi connectivity index (χ2v) is 7.33. The van der Waals surface area contributed by atoms with Crippen molar-refractivity contribution in [2.24, 2.45) is 5.73 Å². The van der Waals surface area contributed by atoms with Gasteiger partial charge in [-0.05, 0) is 31.0 Å². The summed E-state index contributed by atoms with van der Waals surface area (Å²) >= 11 is 1.47. The van der Waals surface area contributed by atoms with Gasteiger partial charge in [0.15, 0.2) is 0 Å². The summed E-state index contributed by atoms with van der Waals surface area (Å²) in [6, 6.07) is 6.12. The minimum atomic E-state index is -0.386. The molecule has 0 radical (unpaired) electrons. The normalized spacial score (nSPS) is 11.2. The molecule has 7 heteroatoms. The summed E-state index contributed by atoms with van der Waals surface area (Å²) in [6.07, 6.45) is 1.33. The molecule has 2 heterocycles. The molecule has 0 aliphatic rings. The molecule has 3 rings (SSSR count). The standard InChI is InChI=1S/C19H20FN3O2S/c1-3-15-22-18-17(19(25)23(15)10-4-5-14(21)24)16(11(2)26-18)12-6-8-13(20)9-7-12/h6-9H,3-5,10H2,1-2H3,(H2,21,24). The van der Waals surface area contributed by atoms with Gasteiger partial charge in [0.05, 0.1) is 5.39 Å². The summed E-state index contributed by atoms with van der Waals surface area (Å²) in [7, 11) is 0. The lowest BCUT2D eigenvalue weighted by Gasteiger charge is -2.11. The number of aryl methyl sites for hydroxylation is 2. The van der Waals surface area contributed by atoms with E-state index in [-0.39, 0.29) is 23.7 Å². The predicted octanol–water partition coefficient (Wildman–Crippen LogP) is 3.40. The van der Waals surface area contributed by atoms with Crippen LogP contribution in [-0.4, -0.2) is 15.5 Å². The maximum atomic E-state index is 13.3. The summed E-state index contributed by atoms with van der Waals surface area (Å²) in [5.41, 5.74) is 6.67. The van der Waals surface area contributed by atoms with Crippen LogP contribution in [0, 0.1) is 12.7 Å². The Kier molecular flexibility index (Phi) is 5.18. The molecule has 0 saturated heterocycles. The number of benzene rings is 1. The van der Waals surface area contributed by atoms with Crippen molar-refractivity contribution >= 4 is 27.5 Å². The smallest absolute Gasteiger partial charge is 0.262 e. The third-order valence-electron chi connectivity index (χ3n) is 4.32. The fourth-order valence-corrected chi connectivity index (χ4v) is 4.17. The highest BCUT2D eigenvalue weighted by atomic mass is 32.1. The average Bonchev–Trinajstić information content (AvgIpc) is 2.93. The summed E-state index contributed by atoms with van der Waals surface area (Å²) in [5, 5.41) is 0.551. The maximum Gasteiger partial charge on any atom is 0.262 e. The zero-order valence-corrected chi connectivity index (χ0v) is 15.5. The summed E-state index contributed by atoms with van der Waals surface area (Å²) in [5.74, 6) is -0.0106. The molecule has 0 fully saturated rings. The molecule has 0 spiro atoms. The molecule has 0 aliphatic carbocycles. The summed E-state index contributed by atoms with van der Waals surface area (Å²) < 4.78 is 14.9. The van der Waals surface area contributed by atoms with Crippen molar-refractivity contribution in [1.82, 2.24) is 9.55 Å². The molecule has 0 bridgehead atoms. The number of hydrogen-bond donors (Lipinski definition) is 1. The zero-order chi connectivity index (χ0) is 18.8. The van der Waals surface area contributed by atoms with Gasteiger partial charge in [-0.3, -0.25) is 14.2 Å². The number of fused-ring (bicyclic) bond motifs is 1. The van der Waals surface area contributed by atoms with E-state index < -0.39 is 0 Å². The molecule has 1 aromatic carbocycles. The van der Waals surface area contributed by atoms with Crippen molar-refractivity contribution in [2.45, 2.75) is 39.7 Å². The molecule has 26 heavy (non-hydrogen) atoms. The van der Waals surface area contributed by atoms with E-state index in [4.69, 9.17) is 5.73 Å². The molecule has 3 aromatic rings. The Hall–Kier alpha value is -2.54. The number of nitrogens with two attached hydrogens (primary N) is 1. The molecule has 5 nitrogen and oxygen atoms in total. The van der Waals surface area contributed by atoms with Crippen LogP contribution in [0.1, 0.15) is 30.5 Å². The maximum absolute atomic E-state index is 13.3. The van der Waals surface area contributed by atoms with E-state index in [1.54, 1.807) is 16.7 Å². The number of carbonyl (C=O) groups excluding carboxylic acids is 1. The molecule has 0 aliphatic heterocycles. The number of rotatable bonds is 6. The molecular weight excluding hydrogens is 353 g/mol. The quantitative estimate of drug-likeness (QED) is 0.719. The molecule has 136 valence electrons. The number of amides is 1. The van der Waals surface area contributed by atoms with Gasteiger partial charge in [-0.1, -0.05) is 19.1 Å². The first-order valence-electron chi connectivity index (χ1n) is 8.49. The fourth-order valence-electron chi connectivity index (χ4n) is 3.11. The third kappa shape index (κ3) is 3.39. The Bertz CT molecular complexity index is 1020. The van der Waals surface area contributed by atoms with Crippen LogP contribution in [0.15, 0.2) is 29.1 Å². The van der Waals surface area contributed by atoms with Crippen molar-refractivity contribution in [1.29, 1.82) is 0 Å². The molecule has 2 N–H and O–H groups in total. The van der Waals surface area contributed by atoms with E-state index in [0.29, 0.717) is 35.4 Å². The highest BCUT2D eigenvalue weighted by Gasteiger charge is 2.19. The van der Waals surface area contributed by atoms with Gasteiger partial charge in [-0.15, -0.1) is 11.3 Å². The van der Waals surface area contributed by atoms with E-state index >= 15 is 0 Å². The zero-order valence-electron chi connectivity index (χ0n) is 14.7. The minimum Gasteiger partial charge on any atom is -0.370 e. The van der Waals surface area contributed by atoms with Crippen molar-refractivity contribution in [2.75, 3.05) is 0 Å². The van der Waals surface area contributed by atoms with E-state index in [9.17, 15) is 14.0 Å². The van der Waals surface area contributed by atoms with E-state index in [1.807, 2.05) is 13.8 Å². The van der Waals surface area contributed by atoms with Crippen molar-refractivity contribution in [3.8, 4) is 11.1 Å². The molecule has 1 amide bonds. The van der Waals surface area contributed by atoms with Gasteiger partial charge in [-0.2, -0.15) is 0 Å². The third-order valence-corrected chi connectivity index (χ3v) is 5.32. The van der Waals surface area contributed by atoms with Crippen LogP contribution in [0.3, 0.4) is 0 Å². The Balaban J connectivity index is 2.18. The second kappa shape index (κ2) is 7.37. The molecule has 0 unspecified atom stereocenters. The van der Waals surface area contributed by atoms with Crippen molar-refractivity contribution in [3.05, 3.63) is 51.1 Å². The van der Waals surface area contributed by atoms with Gasteiger partial charge in [0, 0.05) is 29.8 Å². The number of aromatic nitrogens is 2. The Labute approximate surface area is 154 Å². The van der Waals surface area contributed by atoms with Crippen LogP contribution in [0.25, 0.3) is 21.3 Å². The minimum absolute atomic E-state index is 0.125. The van der Waals surface area contributed by atoms with E-state index in [2.05, 4.69) is 4.98 Å². The number of nitrogens with zero attached hydrogens (tertiary/aromatic N) is 2. The number of halogens is 1. The van der Waals surface area contributed by atoms with Gasteiger partial charge in [0.1, 0.15) is 16.5 Å². The SMILES string of the molecule is CCc1nc2sc(C)c(-c3ccc(F)cc3)c2c(=O)n1CCCC(N)=O. The molecule has 0 atom stereocenters. The lowest BCUT2D eigenvalue weighted by Crippen LogP contribution is -2.25. The van der Waals surface area contributed by atoms with Crippen molar-refractivity contribution < 1.29 is 9.18 Å². The first-order chi connectivity index (χ1) is 12.4. The Morgan fingerprint density at radius 3 is 2.62 bits per heavy atom. The Morgan fingerprint density at radius 2 is 2.00 bits per heavy atom. The number of thiophene rings is 1. The monoisotopic (exact) mass is 373 g/mol. The lowest BCUT2D eigenvalue weighted by atomic mass is 10.0. The van der Waals surface area contributed by atoms with Crippen LogP contribution in [0.4, 0.5) is 4.39 Å². The van der Waals surface area contributed by atoms with Crippen LogP contribution < -0.4 is 11.3 Å². The van der Waals surface area contributed by atoms with Crippen LogP contribution in [0.5, 0.6) is 0 Å². The van der Waals surface area contributed by atoms with Crippen LogP contribution >= 0.6 is 11.3 Å². The predicted molar refractivity (Wildman–Crippen MR) is 102 cm³/mol. The van der Waals surface area contributed by atoms with Crippen LogP contribution in [0.2, 0.25) is 0 Å². The van der Waals surface area contributed by atoms with Gasteiger partial charge in [0.2, 0.25) is 5.91 Å². The number of carbonyl (C=O) groups is 1. The number of hydrogen-bond acceptors (Lipinski definition) is 4. The first-order valence-corrected chi connectivity index (χ1v) is 9.31. The largest absolute Gasteiger partial charge is 0.370 e. The summed E-state index contributed by atoms with van der Waals surface area (Å²) in [6.45, 7) is 4.28. The van der Waals surface area contributed by atoms with Crippen LogP contribution in [-0.2, 0) is 17.8 Å². The van der Waals surface area contributed by atoms with E-state index in [1.165, 1.54) is 23.5 Å². The first kappa shape index (κ1) is 18.3. The highest BCUT2D eigenvalue weighted by molar-refractivity contribution is 7.19. The average molecular weight is 373 g/mol. The topological polar surface area (TPSA) is 78.0 Å². The molecule has 0 saturated carbocycles. The number of primary amides is 1. The highest BCUT2D eigenvalue weighted by Crippen LogP contribution is 2.35. The Morgan fingerprint density at radius 1 is 1.31 bits per heavy atom. The van der Waals surface area contributed by atoms with E-state index in [0.717, 1.165) is 16.0 Å². The van der Waals surface area contributed by atoms with Crippen molar-refractivity contribution in [3.63, 3.8) is 0 Å². The fraction of sp³-hybridized carbons (Fsp3) is 0.316. The van der Waals surface area contributed by atoms with Gasteiger partial charge >= 0.3 is 0 Å². The van der Waals surface area contributed by atoms with Gasteiger partial charge in [0.25, 0.3) is 5.56 Å². The molecular formula is C19H20FN3O2S.